The van der Waals surface area contributed by atoms with Gasteiger partial charge in [0.25, 0.3) is 5.82 Å². The first kappa shape index (κ1) is 26.5. The summed E-state index contributed by atoms with van der Waals surface area (Å²) in [5, 5.41) is 11.5. The smallest absolute Gasteiger partial charge is 0.343 e. The fraction of sp³-hybridized carbons (Fsp3) is 0.429. The molecule has 2 aromatic carbocycles. The van der Waals surface area contributed by atoms with Crippen LogP contribution in [0.1, 0.15) is 56.0 Å². The van der Waals surface area contributed by atoms with Crippen molar-refractivity contribution in [1.82, 2.24) is 4.57 Å². The molecule has 1 aliphatic rings. The molecule has 0 aliphatic heterocycles. The number of esters is 1. The average Bonchev–Trinajstić information content (AvgIpc) is 3.43. The minimum Gasteiger partial charge on any atom is -0.459 e. The van der Waals surface area contributed by atoms with Crippen LogP contribution in [-0.2, 0) is 28.2 Å². The maximum atomic E-state index is 14.0. The minimum absolute atomic E-state index is 0.0176. The van der Waals surface area contributed by atoms with Crippen LogP contribution in [0.25, 0.3) is 0 Å². The maximum Gasteiger partial charge on any atom is 0.343 e. The quantitative estimate of drug-likeness (QED) is 0.274. The van der Waals surface area contributed by atoms with Gasteiger partial charge in [-0.1, -0.05) is 72.2 Å². The van der Waals surface area contributed by atoms with Crippen molar-refractivity contribution < 1.29 is 28.0 Å². The topological polar surface area (TPSA) is 55.3 Å². The van der Waals surface area contributed by atoms with Crippen LogP contribution in [0, 0.1) is 5.92 Å². The highest BCUT2D eigenvalue weighted by atomic mass is 79.9. The molecule has 0 amide bonds. The average molecular weight is 562 g/mol. The SMILES string of the molecule is CC(C)c1n(CCOC(=O)[C@](O)(c2ccccc2)[C@@H]2CCC(F)(F)C2)cc[n+]1Cc1ccc(Br)cc1. The van der Waals surface area contributed by atoms with Crippen LogP contribution in [0.5, 0.6) is 0 Å². The Morgan fingerprint density at radius 2 is 1.92 bits per heavy atom. The van der Waals surface area contributed by atoms with E-state index >= 15 is 0 Å². The van der Waals surface area contributed by atoms with Crippen LogP contribution in [0.4, 0.5) is 8.78 Å². The fourth-order valence-electron chi connectivity index (χ4n) is 5.12. The van der Waals surface area contributed by atoms with E-state index in [1.54, 1.807) is 30.3 Å². The van der Waals surface area contributed by atoms with Gasteiger partial charge >= 0.3 is 5.97 Å². The van der Waals surface area contributed by atoms with E-state index in [0.717, 1.165) is 15.9 Å². The Kier molecular flexibility index (Phi) is 7.95. The van der Waals surface area contributed by atoms with E-state index in [0.29, 0.717) is 13.1 Å². The molecule has 1 saturated carbocycles. The third-order valence-corrected chi connectivity index (χ3v) is 7.41. The molecule has 2 atom stereocenters. The maximum absolute atomic E-state index is 14.0. The van der Waals surface area contributed by atoms with E-state index in [1.807, 2.05) is 29.1 Å². The molecule has 0 spiro atoms. The van der Waals surface area contributed by atoms with Crippen molar-refractivity contribution in [3.8, 4) is 0 Å². The van der Waals surface area contributed by atoms with Crippen LogP contribution in [0.15, 0.2) is 71.5 Å². The first-order chi connectivity index (χ1) is 17.1. The Morgan fingerprint density at radius 1 is 1.22 bits per heavy atom. The van der Waals surface area contributed by atoms with Gasteiger partial charge in [-0.05, 0) is 29.7 Å². The summed E-state index contributed by atoms with van der Waals surface area (Å²) in [5.74, 6) is -3.39. The monoisotopic (exact) mass is 561 g/mol. The second-order valence-corrected chi connectivity index (χ2v) is 10.7. The number of carbonyl (C=O) groups excluding carboxylic acids is 1. The molecule has 0 unspecified atom stereocenters. The molecule has 192 valence electrons. The number of halogens is 3. The Hall–Kier alpha value is -2.58. The standard InChI is InChI=1S/C28H32BrF2N2O3/c1-20(2)25-32(14-15-33(25)19-21-8-10-24(29)11-9-21)16-17-36-26(34)28(35,22-6-4-3-5-7-22)23-12-13-27(30,31)18-23/h3-11,14-15,20,23,35H,12-13,16-19H2,1-2H3/q+1/t23-,28+/m1/s1. The van der Waals surface area contributed by atoms with E-state index in [9.17, 15) is 18.7 Å². The number of hydrogen-bond acceptors (Lipinski definition) is 3. The Morgan fingerprint density at radius 3 is 2.53 bits per heavy atom. The third kappa shape index (κ3) is 5.70. The van der Waals surface area contributed by atoms with E-state index in [-0.39, 0.29) is 30.9 Å². The molecular formula is C28H32BrF2N2O3+. The summed E-state index contributed by atoms with van der Waals surface area (Å²) in [7, 11) is 0. The molecule has 0 radical (unpaired) electrons. The van der Waals surface area contributed by atoms with Crippen LogP contribution >= 0.6 is 15.9 Å². The molecule has 0 bridgehead atoms. The summed E-state index contributed by atoms with van der Waals surface area (Å²) in [5.41, 5.74) is -0.662. The van der Waals surface area contributed by atoms with Crippen LogP contribution in [0.2, 0.25) is 0 Å². The lowest BCUT2D eigenvalue weighted by Gasteiger charge is -2.32. The number of rotatable bonds is 9. The lowest BCUT2D eigenvalue weighted by atomic mass is 9.80. The van der Waals surface area contributed by atoms with E-state index < -0.39 is 29.8 Å². The predicted octanol–water partition coefficient (Wildman–Crippen LogP) is 5.58. The summed E-state index contributed by atoms with van der Waals surface area (Å²) in [4.78, 5) is 13.2. The molecule has 8 heteroatoms. The first-order valence-corrected chi connectivity index (χ1v) is 13.1. The molecule has 4 rings (SSSR count). The lowest BCUT2D eigenvalue weighted by Crippen LogP contribution is -2.44. The number of nitrogens with zero attached hydrogens (tertiary/aromatic N) is 2. The van der Waals surface area contributed by atoms with E-state index in [2.05, 4.69) is 46.5 Å². The van der Waals surface area contributed by atoms with Gasteiger partial charge in [0, 0.05) is 23.2 Å². The lowest BCUT2D eigenvalue weighted by molar-refractivity contribution is -0.696. The summed E-state index contributed by atoms with van der Waals surface area (Å²) < 4.78 is 38.8. The van der Waals surface area contributed by atoms with Crippen LogP contribution in [-0.4, -0.2) is 28.2 Å². The number of ether oxygens (including phenoxy) is 1. The number of carbonyl (C=O) groups is 1. The van der Waals surface area contributed by atoms with Gasteiger partial charge in [-0.2, -0.15) is 0 Å². The number of hydrogen-bond donors (Lipinski definition) is 1. The second kappa shape index (κ2) is 10.8. The van der Waals surface area contributed by atoms with Crippen molar-refractivity contribution >= 4 is 21.9 Å². The molecule has 1 aliphatic carbocycles. The highest BCUT2D eigenvalue weighted by Gasteiger charge is 2.54. The molecule has 3 aromatic rings. The molecule has 1 fully saturated rings. The van der Waals surface area contributed by atoms with Gasteiger partial charge in [-0.25, -0.2) is 22.7 Å². The zero-order valence-electron chi connectivity index (χ0n) is 20.5. The Labute approximate surface area is 218 Å². The summed E-state index contributed by atoms with van der Waals surface area (Å²) in [6.45, 7) is 5.31. The number of aromatic nitrogens is 2. The number of alkyl halides is 2. The summed E-state index contributed by atoms with van der Waals surface area (Å²) >= 11 is 3.46. The summed E-state index contributed by atoms with van der Waals surface area (Å²) in [6, 6.07) is 16.4. The van der Waals surface area contributed by atoms with Gasteiger partial charge in [0.2, 0.25) is 5.92 Å². The van der Waals surface area contributed by atoms with Crippen LogP contribution < -0.4 is 4.57 Å². The van der Waals surface area contributed by atoms with Crippen molar-refractivity contribution in [1.29, 1.82) is 0 Å². The van der Waals surface area contributed by atoms with Gasteiger partial charge in [0.1, 0.15) is 32.1 Å². The van der Waals surface area contributed by atoms with Crippen molar-refractivity contribution in [2.45, 2.75) is 63.6 Å². The molecule has 0 saturated heterocycles. The Balaban J connectivity index is 1.48. The largest absolute Gasteiger partial charge is 0.459 e. The number of imidazole rings is 1. The van der Waals surface area contributed by atoms with Gasteiger partial charge in [-0.15, -0.1) is 0 Å². The summed E-state index contributed by atoms with van der Waals surface area (Å²) in [6.07, 6.45) is 3.11. The second-order valence-electron chi connectivity index (χ2n) is 9.82. The third-order valence-electron chi connectivity index (χ3n) is 6.88. The molecule has 1 N–H and O–H groups in total. The minimum atomic E-state index is -2.90. The van der Waals surface area contributed by atoms with Gasteiger partial charge in [0.05, 0.1) is 5.92 Å². The van der Waals surface area contributed by atoms with Crippen molar-refractivity contribution in [3.05, 3.63) is 88.4 Å². The highest BCUT2D eigenvalue weighted by molar-refractivity contribution is 9.10. The van der Waals surface area contributed by atoms with Crippen molar-refractivity contribution in [2.75, 3.05) is 6.61 Å². The zero-order chi connectivity index (χ0) is 25.9. The normalized spacial score (nSPS) is 18.8. The Bertz CT molecular complexity index is 1180. The fourth-order valence-corrected chi connectivity index (χ4v) is 5.38. The van der Waals surface area contributed by atoms with Gasteiger partial charge in [0.15, 0.2) is 5.60 Å². The molecular weight excluding hydrogens is 530 g/mol. The van der Waals surface area contributed by atoms with E-state index in [4.69, 9.17) is 4.74 Å². The zero-order valence-corrected chi connectivity index (χ0v) is 22.1. The first-order valence-electron chi connectivity index (χ1n) is 12.3. The molecule has 1 heterocycles. The number of aliphatic hydroxyl groups is 1. The van der Waals surface area contributed by atoms with E-state index in [1.165, 1.54) is 0 Å². The number of benzene rings is 2. The van der Waals surface area contributed by atoms with Gasteiger partial charge < -0.3 is 9.84 Å². The molecule has 36 heavy (non-hydrogen) atoms. The van der Waals surface area contributed by atoms with Crippen molar-refractivity contribution in [3.63, 3.8) is 0 Å². The van der Waals surface area contributed by atoms with Crippen LogP contribution in [0.3, 0.4) is 0 Å². The molecule has 1 aromatic heterocycles. The highest BCUT2D eigenvalue weighted by Crippen LogP contribution is 2.47. The predicted molar refractivity (Wildman–Crippen MR) is 136 cm³/mol. The van der Waals surface area contributed by atoms with Crippen molar-refractivity contribution in [2.24, 2.45) is 5.92 Å². The van der Waals surface area contributed by atoms with Gasteiger partial charge in [-0.3, -0.25) is 0 Å². The molecule has 5 nitrogen and oxygen atoms in total.